The Labute approximate surface area is 98.6 Å². The molecule has 0 aromatic heterocycles. The first-order chi connectivity index (χ1) is 7.79. The number of amides is 1. The molecule has 3 heteroatoms. The first-order valence-electron chi connectivity index (χ1n) is 6.78. The zero-order chi connectivity index (χ0) is 11.4. The molecule has 1 aliphatic carbocycles. The van der Waals surface area contributed by atoms with Crippen molar-refractivity contribution in [1.29, 1.82) is 0 Å². The van der Waals surface area contributed by atoms with Crippen molar-refractivity contribution in [2.24, 2.45) is 11.8 Å². The van der Waals surface area contributed by atoms with Crippen molar-refractivity contribution in [3.05, 3.63) is 0 Å². The Morgan fingerprint density at radius 1 is 1.25 bits per heavy atom. The Morgan fingerprint density at radius 3 is 2.56 bits per heavy atom. The fourth-order valence-electron chi connectivity index (χ4n) is 2.97. The van der Waals surface area contributed by atoms with Gasteiger partial charge >= 0.3 is 0 Å². The molecule has 1 amide bonds. The summed E-state index contributed by atoms with van der Waals surface area (Å²) >= 11 is 0. The lowest BCUT2D eigenvalue weighted by molar-refractivity contribution is -0.132. The van der Waals surface area contributed by atoms with Crippen molar-refractivity contribution < 1.29 is 4.79 Å². The molecule has 16 heavy (non-hydrogen) atoms. The molecule has 3 nitrogen and oxygen atoms in total. The second-order valence-corrected chi connectivity index (χ2v) is 5.31. The molecule has 0 atom stereocenters. The maximum absolute atomic E-state index is 11.7. The molecule has 2 aliphatic rings. The summed E-state index contributed by atoms with van der Waals surface area (Å²) in [7, 11) is 0. The molecule has 1 saturated carbocycles. The third-order valence-electron chi connectivity index (χ3n) is 4.21. The van der Waals surface area contributed by atoms with Gasteiger partial charge in [0.2, 0.25) is 5.91 Å². The summed E-state index contributed by atoms with van der Waals surface area (Å²) in [4.78, 5) is 13.7. The monoisotopic (exact) mass is 224 g/mol. The SMILES string of the molecule is CCC1CCC(CN2CCNCC2=O)CC1. The lowest BCUT2D eigenvalue weighted by Crippen LogP contribution is -2.49. The molecule has 1 heterocycles. The number of hydrogen-bond donors (Lipinski definition) is 1. The largest absolute Gasteiger partial charge is 0.340 e. The molecule has 0 unspecified atom stereocenters. The number of nitrogens with one attached hydrogen (secondary N) is 1. The van der Waals surface area contributed by atoms with E-state index in [1.165, 1.54) is 32.1 Å². The lowest BCUT2D eigenvalue weighted by Gasteiger charge is -2.34. The number of hydrogen-bond acceptors (Lipinski definition) is 2. The first-order valence-corrected chi connectivity index (χ1v) is 6.78. The van der Waals surface area contributed by atoms with Gasteiger partial charge in [0, 0.05) is 19.6 Å². The van der Waals surface area contributed by atoms with Gasteiger partial charge in [-0.2, -0.15) is 0 Å². The molecule has 0 aromatic rings. The normalized spacial score (nSPS) is 31.8. The minimum Gasteiger partial charge on any atom is -0.340 e. The van der Waals surface area contributed by atoms with E-state index in [0.29, 0.717) is 12.5 Å². The molecule has 1 aliphatic heterocycles. The van der Waals surface area contributed by atoms with E-state index < -0.39 is 0 Å². The molecule has 1 saturated heterocycles. The smallest absolute Gasteiger partial charge is 0.236 e. The fraction of sp³-hybridized carbons (Fsp3) is 0.923. The highest BCUT2D eigenvalue weighted by atomic mass is 16.2. The maximum Gasteiger partial charge on any atom is 0.236 e. The van der Waals surface area contributed by atoms with Crippen molar-refractivity contribution in [3.8, 4) is 0 Å². The Kier molecular flexibility index (Phi) is 4.22. The van der Waals surface area contributed by atoms with Crippen LogP contribution in [0.3, 0.4) is 0 Å². The van der Waals surface area contributed by atoms with Crippen LogP contribution in [0.2, 0.25) is 0 Å². The summed E-state index contributed by atoms with van der Waals surface area (Å²) in [6.45, 7) is 5.73. The number of nitrogens with zero attached hydrogens (tertiary/aromatic N) is 1. The summed E-state index contributed by atoms with van der Waals surface area (Å²) in [5.74, 6) is 2.02. The van der Waals surface area contributed by atoms with Gasteiger partial charge in [0.15, 0.2) is 0 Å². The van der Waals surface area contributed by atoms with Crippen LogP contribution < -0.4 is 5.32 Å². The van der Waals surface area contributed by atoms with E-state index in [1.807, 2.05) is 0 Å². The predicted octanol–water partition coefficient (Wildman–Crippen LogP) is 1.63. The van der Waals surface area contributed by atoms with Gasteiger partial charge in [0.1, 0.15) is 0 Å². The van der Waals surface area contributed by atoms with Crippen LogP contribution in [-0.4, -0.2) is 37.0 Å². The highest BCUT2D eigenvalue weighted by Gasteiger charge is 2.25. The van der Waals surface area contributed by atoms with E-state index >= 15 is 0 Å². The van der Waals surface area contributed by atoms with E-state index in [4.69, 9.17) is 0 Å². The van der Waals surface area contributed by atoms with Gasteiger partial charge in [-0.25, -0.2) is 0 Å². The van der Waals surface area contributed by atoms with Crippen LogP contribution >= 0.6 is 0 Å². The fourth-order valence-corrected chi connectivity index (χ4v) is 2.97. The standard InChI is InChI=1S/C13H24N2O/c1-2-11-3-5-12(6-4-11)10-15-8-7-14-9-13(15)16/h11-12,14H,2-10H2,1H3. The van der Waals surface area contributed by atoms with Crippen LogP contribution in [0.4, 0.5) is 0 Å². The molecule has 1 N–H and O–H groups in total. The van der Waals surface area contributed by atoms with E-state index in [1.54, 1.807) is 0 Å². The summed E-state index contributed by atoms with van der Waals surface area (Å²) in [5.41, 5.74) is 0. The number of carbonyl (C=O) groups excluding carboxylic acids is 1. The molecule has 0 spiro atoms. The van der Waals surface area contributed by atoms with Crippen LogP contribution in [0.25, 0.3) is 0 Å². The Balaban J connectivity index is 1.75. The number of rotatable bonds is 3. The number of carbonyl (C=O) groups is 1. The minimum absolute atomic E-state index is 0.295. The predicted molar refractivity (Wildman–Crippen MR) is 65.2 cm³/mol. The zero-order valence-corrected chi connectivity index (χ0v) is 10.4. The molecule has 92 valence electrons. The average molecular weight is 224 g/mol. The van der Waals surface area contributed by atoms with E-state index in [9.17, 15) is 4.79 Å². The van der Waals surface area contributed by atoms with Crippen LogP contribution in [0.5, 0.6) is 0 Å². The molecular weight excluding hydrogens is 200 g/mol. The molecule has 0 bridgehead atoms. The molecule has 2 fully saturated rings. The van der Waals surface area contributed by atoms with E-state index in [2.05, 4.69) is 17.1 Å². The second-order valence-electron chi connectivity index (χ2n) is 5.31. The lowest BCUT2D eigenvalue weighted by atomic mass is 9.80. The molecule has 0 radical (unpaired) electrons. The maximum atomic E-state index is 11.7. The van der Waals surface area contributed by atoms with Gasteiger partial charge in [0.25, 0.3) is 0 Å². The topological polar surface area (TPSA) is 32.3 Å². The third kappa shape index (κ3) is 2.97. The van der Waals surface area contributed by atoms with Crippen LogP contribution in [0, 0.1) is 11.8 Å². The van der Waals surface area contributed by atoms with Gasteiger partial charge in [-0.1, -0.05) is 26.2 Å². The minimum atomic E-state index is 0.295. The average Bonchev–Trinajstić information content (AvgIpc) is 2.33. The Morgan fingerprint density at radius 2 is 1.94 bits per heavy atom. The van der Waals surface area contributed by atoms with Crippen LogP contribution in [-0.2, 0) is 4.79 Å². The highest BCUT2D eigenvalue weighted by molar-refractivity contribution is 5.78. The van der Waals surface area contributed by atoms with Gasteiger partial charge in [0.05, 0.1) is 6.54 Å². The van der Waals surface area contributed by atoms with Crippen molar-refractivity contribution in [2.75, 3.05) is 26.2 Å². The highest BCUT2D eigenvalue weighted by Crippen LogP contribution is 2.31. The number of piperazine rings is 1. The zero-order valence-electron chi connectivity index (χ0n) is 10.4. The summed E-state index contributed by atoms with van der Waals surface area (Å²) < 4.78 is 0. The first kappa shape index (κ1) is 11.9. The van der Waals surface area contributed by atoms with E-state index in [-0.39, 0.29) is 0 Å². The summed E-state index contributed by atoms with van der Waals surface area (Å²) in [5, 5.41) is 3.13. The van der Waals surface area contributed by atoms with Crippen molar-refractivity contribution in [2.45, 2.75) is 39.0 Å². The third-order valence-corrected chi connectivity index (χ3v) is 4.21. The Hall–Kier alpha value is -0.570. The van der Waals surface area contributed by atoms with Gasteiger partial charge < -0.3 is 10.2 Å². The van der Waals surface area contributed by atoms with Gasteiger partial charge in [-0.15, -0.1) is 0 Å². The quantitative estimate of drug-likeness (QED) is 0.790. The molecule has 2 rings (SSSR count). The van der Waals surface area contributed by atoms with Crippen LogP contribution in [0.15, 0.2) is 0 Å². The van der Waals surface area contributed by atoms with Gasteiger partial charge in [-0.3, -0.25) is 4.79 Å². The molecule has 0 aromatic carbocycles. The van der Waals surface area contributed by atoms with Gasteiger partial charge in [-0.05, 0) is 24.7 Å². The second kappa shape index (κ2) is 5.67. The van der Waals surface area contributed by atoms with Crippen molar-refractivity contribution in [1.82, 2.24) is 10.2 Å². The van der Waals surface area contributed by atoms with Crippen molar-refractivity contribution >= 4 is 5.91 Å². The molecular formula is C13H24N2O. The van der Waals surface area contributed by atoms with E-state index in [0.717, 1.165) is 31.5 Å². The summed E-state index contributed by atoms with van der Waals surface area (Å²) in [6, 6.07) is 0. The van der Waals surface area contributed by atoms with Crippen molar-refractivity contribution in [3.63, 3.8) is 0 Å². The summed E-state index contributed by atoms with van der Waals surface area (Å²) in [6.07, 6.45) is 6.74. The van der Waals surface area contributed by atoms with Crippen LogP contribution in [0.1, 0.15) is 39.0 Å². The Bertz CT molecular complexity index is 234.